The number of carbonyl (C=O) groups is 1. The van der Waals surface area contributed by atoms with Crippen LogP contribution < -0.4 is 5.32 Å². The number of hydrogen-bond donors (Lipinski definition) is 1. The van der Waals surface area contributed by atoms with Crippen LogP contribution in [0.15, 0.2) is 54.6 Å². The van der Waals surface area contributed by atoms with Crippen LogP contribution in [-0.2, 0) is 0 Å². The monoisotopic (exact) mass is 287 g/mol. The molecular formula is C20H17NO. The Morgan fingerprint density at radius 2 is 1.41 bits per heavy atom. The van der Waals surface area contributed by atoms with E-state index < -0.39 is 0 Å². The highest BCUT2D eigenvalue weighted by Crippen LogP contribution is 2.35. The second kappa shape index (κ2) is 4.70. The topological polar surface area (TPSA) is 29.1 Å². The molecule has 0 aliphatic heterocycles. The molecule has 2 nitrogen and oxygen atoms in total. The zero-order chi connectivity index (χ0) is 15.3. The van der Waals surface area contributed by atoms with Gasteiger partial charge < -0.3 is 5.32 Å². The Balaban J connectivity index is 2.10. The summed E-state index contributed by atoms with van der Waals surface area (Å²) < 4.78 is 0. The molecule has 1 N–H and O–H groups in total. The van der Waals surface area contributed by atoms with Gasteiger partial charge in [-0.2, -0.15) is 0 Å². The van der Waals surface area contributed by atoms with E-state index in [9.17, 15) is 4.79 Å². The summed E-state index contributed by atoms with van der Waals surface area (Å²) in [7, 11) is 0. The SMILES string of the molecule is CC(C)NC(=O)c1ccc2ccc3cccc4ccc1c2c34. The molecule has 0 aliphatic rings. The van der Waals surface area contributed by atoms with Crippen molar-refractivity contribution in [2.45, 2.75) is 19.9 Å². The molecule has 0 saturated carbocycles. The van der Waals surface area contributed by atoms with Gasteiger partial charge >= 0.3 is 0 Å². The van der Waals surface area contributed by atoms with Crippen molar-refractivity contribution in [3.8, 4) is 0 Å². The summed E-state index contributed by atoms with van der Waals surface area (Å²) in [4.78, 5) is 12.5. The summed E-state index contributed by atoms with van der Waals surface area (Å²) in [5.74, 6) is -0.00654. The molecule has 0 radical (unpaired) electrons. The normalized spacial score (nSPS) is 11.8. The molecule has 0 atom stereocenters. The van der Waals surface area contributed by atoms with Crippen molar-refractivity contribution in [3.63, 3.8) is 0 Å². The van der Waals surface area contributed by atoms with Crippen LogP contribution in [0, 0.1) is 0 Å². The molecule has 0 aromatic heterocycles. The van der Waals surface area contributed by atoms with Crippen molar-refractivity contribution in [2.24, 2.45) is 0 Å². The highest BCUT2D eigenvalue weighted by molar-refractivity contribution is 6.26. The van der Waals surface area contributed by atoms with Crippen molar-refractivity contribution in [1.29, 1.82) is 0 Å². The average Bonchev–Trinajstić information content (AvgIpc) is 2.51. The lowest BCUT2D eigenvalue weighted by Gasteiger charge is -2.14. The standard InChI is InChI=1S/C20H17NO/c1-12(2)21-20(22)17-11-9-15-7-6-13-4-3-5-14-8-10-16(17)19(15)18(13)14/h3-12H,1-2H3,(H,21,22). The van der Waals surface area contributed by atoms with Crippen molar-refractivity contribution < 1.29 is 4.79 Å². The Hall–Kier alpha value is -2.61. The van der Waals surface area contributed by atoms with E-state index in [2.05, 4.69) is 47.8 Å². The summed E-state index contributed by atoms with van der Waals surface area (Å²) in [5, 5.41) is 10.1. The largest absolute Gasteiger partial charge is 0.350 e. The maximum Gasteiger partial charge on any atom is 0.252 e. The van der Waals surface area contributed by atoms with Gasteiger partial charge in [-0.05, 0) is 52.2 Å². The van der Waals surface area contributed by atoms with Crippen LogP contribution in [0.4, 0.5) is 0 Å². The van der Waals surface area contributed by atoms with Gasteiger partial charge in [-0.3, -0.25) is 4.79 Å². The second-order valence-electron chi connectivity index (χ2n) is 6.10. The summed E-state index contributed by atoms with van der Waals surface area (Å²) >= 11 is 0. The average molecular weight is 287 g/mol. The molecule has 0 spiro atoms. The second-order valence-corrected chi connectivity index (χ2v) is 6.10. The molecule has 4 rings (SSSR count). The van der Waals surface area contributed by atoms with E-state index >= 15 is 0 Å². The molecule has 0 fully saturated rings. The Kier molecular flexibility index (Phi) is 2.80. The summed E-state index contributed by atoms with van der Waals surface area (Å²) in [6.45, 7) is 3.96. The van der Waals surface area contributed by atoms with Crippen LogP contribution in [0.3, 0.4) is 0 Å². The number of carbonyl (C=O) groups excluding carboxylic acids is 1. The molecule has 4 aromatic carbocycles. The molecule has 108 valence electrons. The highest BCUT2D eigenvalue weighted by atomic mass is 16.1. The number of nitrogens with one attached hydrogen (secondary N) is 1. The summed E-state index contributed by atoms with van der Waals surface area (Å²) in [6, 6.07) is 18.9. The van der Waals surface area contributed by atoms with Crippen molar-refractivity contribution in [3.05, 3.63) is 60.2 Å². The van der Waals surface area contributed by atoms with Gasteiger partial charge in [0.05, 0.1) is 0 Å². The van der Waals surface area contributed by atoms with E-state index in [1.54, 1.807) is 0 Å². The fourth-order valence-corrected chi connectivity index (χ4v) is 3.27. The molecule has 0 heterocycles. The first kappa shape index (κ1) is 13.1. The Morgan fingerprint density at radius 3 is 2.09 bits per heavy atom. The van der Waals surface area contributed by atoms with Gasteiger partial charge in [0.25, 0.3) is 5.91 Å². The third kappa shape index (κ3) is 1.84. The van der Waals surface area contributed by atoms with Crippen molar-refractivity contribution in [2.75, 3.05) is 0 Å². The molecule has 0 saturated heterocycles. The molecule has 0 bridgehead atoms. The van der Waals surface area contributed by atoms with Gasteiger partial charge in [-0.25, -0.2) is 0 Å². The fraction of sp³-hybridized carbons (Fsp3) is 0.150. The number of amides is 1. The lowest BCUT2D eigenvalue weighted by atomic mass is 9.92. The lowest BCUT2D eigenvalue weighted by molar-refractivity contribution is 0.0945. The molecular weight excluding hydrogens is 270 g/mol. The van der Waals surface area contributed by atoms with Crippen LogP contribution in [0.5, 0.6) is 0 Å². The minimum absolute atomic E-state index is 0.00654. The highest BCUT2D eigenvalue weighted by Gasteiger charge is 2.15. The van der Waals surface area contributed by atoms with E-state index in [0.29, 0.717) is 0 Å². The van der Waals surface area contributed by atoms with Gasteiger partial charge in [0.15, 0.2) is 0 Å². The fourth-order valence-electron chi connectivity index (χ4n) is 3.27. The zero-order valence-electron chi connectivity index (χ0n) is 12.7. The van der Waals surface area contributed by atoms with Crippen LogP contribution in [-0.4, -0.2) is 11.9 Å². The zero-order valence-corrected chi connectivity index (χ0v) is 12.7. The van der Waals surface area contributed by atoms with Crippen LogP contribution in [0.25, 0.3) is 32.3 Å². The van der Waals surface area contributed by atoms with Crippen LogP contribution in [0.2, 0.25) is 0 Å². The predicted octanol–water partition coefficient (Wildman–Crippen LogP) is 4.72. The first-order valence-electron chi connectivity index (χ1n) is 7.62. The number of rotatable bonds is 2. The van der Waals surface area contributed by atoms with E-state index in [-0.39, 0.29) is 11.9 Å². The van der Waals surface area contributed by atoms with E-state index in [1.807, 2.05) is 26.0 Å². The smallest absolute Gasteiger partial charge is 0.252 e. The third-order valence-electron chi connectivity index (χ3n) is 4.19. The lowest BCUT2D eigenvalue weighted by Crippen LogP contribution is -2.30. The van der Waals surface area contributed by atoms with Crippen LogP contribution in [0.1, 0.15) is 24.2 Å². The van der Waals surface area contributed by atoms with Gasteiger partial charge in [-0.15, -0.1) is 0 Å². The predicted molar refractivity (Wildman–Crippen MR) is 92.7 cm³/mol. The van der Waals surface area contributed by atoms with E-state index in [0.717, 1.165) is 10.9 Å². The van der Waals surface area contributed by atoms with E-state index in [4.69, 9.17) is 0 Å². The van der Waals surface area contributed by atoms with Crippen molar-refractivity contribution >= 4 is 38.2 Å². The molecule has 2 heteroatoms. The number of hydrogen-bond acceptors (Lipinski definition) is 1. The molecule has 0 unspecified atom stereocenters. The van der Waals surface area contributed by atoms with Gasteiger partial charge in [0.1, 0.15) is 0 Å². The third-order valence-corrected chi connectivity index (χ3v) is 4.19. The summed E-state index contributed by atoms with van der Waals surface area (Å²) in [6.07, 6.45) is 0. The quantitative estimate of drug-likeness (QED) is 0.531. The summed E-state index contributed by atoms with van der Waals surface area (Å²) in [5.41, 5.74) is 0.749. The Morgan fingerprint density at radius 1 is 0.818 bits per heavy atom. The molecule has 4 aromatic rings. The van der Waals surface area contributed by atoms with Gasteiger partial charge in [-0.1, -0.05) is 48.5 Å². The Bertz CT molecular complexity index is 985. The van der Waals surface area contributed by atoms with Gasteiger partial charge in [0, 0.05) is 11.6 Å². The maximum absolute atomic E-state index is 12.5. The number of benzene rings is 4. The minimum Gasteiger partial charge on any atom is -0.350 e. The first-order chi connectivity index (χ1) is 10.6. The molecule has 22 heavy (non-hydrogen) atoms. The maximum atomic E-state index is 12.5. The van der Waals surface area contributed by atoms with Crippen LogP contribution >= 0.6 is 0 Å². The van der Waals surface area contributed by atoms with Crippen molar-refractivity contribution in [1.82, 2.24) is 5.32 Å². The molecule has 1 amide bonds. The van der Waals surface area contributed by atoms with Gasteiger partial charge in [0.2, 0.25) is 0 Å². The Labute approximate surface area is 129 Å². The minimum atomic E-state index is -0.00654. The molecule has 0 aliphatic carbocycles. The van der Waals surface area contributed by atoms with E-state index in [1.165, 1.54) is 26.9 Å². The first-order valence-corrected chi connectivity index (χ1v) is 7.62.